The molecule has 4 rings (SSSR count). The lowest BCUT2D eigenvalue weighted by Gasteiger charge is -2.35. The van der Waals surface area contributed by atoms with E-state index in [2.05, 4.69) is 40.8 Å². The Morgan fingerprint density at radius 3 is 2.22 bits per heavy atom. The van der Waals surface area contributed by atoms with Crippen LogP contribution in [0.5, 0.6) is 0 Å². The van der Waals surface area contributed by atoms with Crippen LogP contribution < -0.4 is 4.72 Å². The largest absolute Gasteiger partial charge is 0.336 e. The van der Waals surface area contributed by atoms with Crippen LogP contribution in [0.15, 0.2) is 77.7 Å². The normalized spacial score (nSPS) is 14.5. The van der Waals surface area contributed by atoms with Crippen molar-refractivity contribution in [1.82, 2.24) is 9.80 Å². The van der Waals surface area contributed by atoms with Gasteiger partial charge in [0.05, 0.1) is 4.90 Å². The first kappa shape index (κ1) is 26.9. The quantitative estimate of drug-likeness (QED) is 0.403. The molecule has 0 radical (unpaired) electrons. The van der Waals surface area contributed by atoms with E-state index in [1.54, 1.807) is 24.3 Å². The van der Waals surface area contributed by atoms with Gasteiger partial charge in [0.2, 0.25) is 0 Å². The highest BCUT2D eigenvalue weighted by Crippen LogP contribution is 2.22. The van der Waals surface area contributed by atoms with Crippen molar-refractivity contribution >= 4 is 21.6 Å². The number of carbonyl (C=O) groups is 1. The van der Waals surface area contributed by atoms with E-state index >= 15 is 0 Å². The standard InChI is InChI=1S/C30H37N3O3S/c1-3-4-8-26-12-14-27(15-13-26)31-37(35,36)28-16-11-24(2)29(23-28)30(34)33-21-19-32(20-22-33)18-17-25-9-6-5-7-10-25/h5-7,9-16,23,31H,3-4,8,17-22H2,1-2H3. The molecule has 0 aromatic heterocycles. The van der Waals surface area contributed by atoms with E-state index in [-0.39, 0.29) is 10.8 Å². The number of nitrogens with one attached hydrogen (secondary N) is 1. The van der Waals surface area contributed by atoms with E-state index in [0.29, 0.717) is 24.3 Å². The van der Waals surface area contributed by atoms with Crippen molar-refractivity contribution in [1.29, 1.82) is 0 Å². The minimum Gasteiger partial charge on any atom is -0.336 e. The summed E-state index contributed by atoms with van der Waals surface area (Å²) < 4.78 is 28.9. The van der Waals surface area contributed by atoms with Crippen LogP contribution in [-0.4, -0.2) is 56.8 Å². The van der Waals surface area contributed by atoms with Crippen LogP contribution in [-0.2, 0) is 22.9 Å². The molecule has 37 heavy (non-hydrogen) atoms. The molecule has 1 amide bonds. The van der Waals surface area contributed by atoms with Gasteiger partial charge in [0.15, 0.2) is 0 Å². The Labute approximate surface area is 221 Å². The highest BCUT2D eigenvalue weighted by Gasteiger charge is 2.25. The van der Waals surface area contributed by atoms with Gasteiger partial charge in [0.25, 0.3) is 15.9 Å². The lowest BCUT2D eigenvalue weighted by atomic mass is 10.1. The Kier molecular flexibility index (Phi) is 9.00. The van der Waals surface area contributed by atoms with Crippen LogP contribution in [0, 0.1) is 6.92 Å². The number of piperazine rings is 1. The molecule has 196 valence electrons. The van der Waals surface area contributed by atoms with Crippen molar-refractivity contribution < 1.29 is 13.2 Å². The molecule has 0 bridgehead atoms. The van der Waals surface area contributed by atoms with Crippen LogP contribution >= 0.6 is 0 Å². The minimum atomic E-state index is -3.82. The number of hydrogen-bond donors (Lipinski definition) is 1. The summed E-state index contributed by atoms with van der Waals surface area (Å²) in [5, 5.41) is 0. The smallest absolute Gasteiger partial charge is 0.261 e. The topological polar surface area (TPSA) is 69.7 Å². The average molecular weight is 520 g/mol. The first-order valence-electron chi connectivity index (χ1n) is 13.1. The Balaban J connectivity index is 1.38. The van der Waals surface area contributed by atoms with Crippen molar-refractivity contribution in [2.75, 3.05) is 37.4 Å². The molecule has 1 N–H and O–H groups in total. The second kappa shape index (κ2) is 12.4. The minimum absolute atomic E-state index is 0.0954. The molecule has 1 saturated heterocycles. The highest BCUT2D eigenvalue weighted by atomic mass is 32.2. The molecule has 1 aliphatic heterocycles. The van der Waals surface area contributed by atoms with Gasteiger partial charge in [-0.3, -0.25) is 14.4 Å². The number of hydrogen-bond acceptors (Lipinski definition) is 4. The first-order chi connectivity index (χ1) is 17.9. The van der Waals surface area contributed by atoms with E-state index in [1.165, 1.54) is 17.2 Å². The number of nitrogens with zero attached hydrogens (tertiary/aromatic N) is 2. The van der Waals surface area contributed by atoms with Gasteiger partial charge in [0, 0.05) is 44.0 Å². The van der Waals surface area contributed by atoms with Gasteiger partial charge in [-0.05, 0) is 67.1 Å². The molecule has 6 nitrogen and oxygen atoms in total. The molecule has 1 fully saturated rings. The third kappa shape index (κ3) is 7.21. The summed E-state index contributed by atoms with van der Waals surface area (Å²) in [7, 11) is -3.82. The number of benzene rings is 3. The van der Waals surface area contributed by atoms with Gasteiger partial charge >= 0.3 is 0 Å². The predicted molar refractivity (Wildman–Crippen MR) is 150 cm³/mol. The van der Waals surface area contributed by atoms with Crippen LogP contribution in [0.4, 0.5) is 5.69 Å². The van der Waals surface area contributed by atoms with Crippen LogP contribution in [0.3, 0.4) is 0 Å². The van der Waals surface area contributed by atoms with Crippen molar-refractivity contribution in [2.45, 2.75) is 44.4 Å². The summed E-state index contributed by atoms with van der Waals surface area (Å²) in [5.41, 5.74) is 4.23. The van der Waals surface area contributed by atoms with Crippen LogP contribution in [0.2, 0.25) is 0 Å². The second-order valence-electron chi connectivity index (χ2n) is 9.75. The van der Waals surface area contributed by atoms with Crippen LogP contribution in [0.25, 0.3) is 0 Å². The number of carbonyl (C=O) groups excluding carboxylic acids is 1. The summed E-state index contributed by atoms with van der Waals surface area (Å²) in [6.07, 6.45) is 4.19. The summed E-state index contributed by atoms with van der Waals surface area (Å²) in [5.74, 6) is -0.113. The van der Waals surface area contributed by atoms with Crippen molar-refractivity contribution in [3.05, 3.63) is 95.1 Å². The summed E-state index contributed by atoms with van der Waals surface area (Å²) in [6, 6.07) is 22.7. The van der Waals surface area contributed by atoms with Crippen molar-refractivity contribution in [2.24, 2.45) is 0 Å². The van der Waals surface area contributed by atoms with Gasteiger partial charge in [-0.15, -0.1) is 0 Å². The van der Waals surface area contributed by atoms with Crippen LogP contribution in [0.1, 0.15) is 46.8 Å². The lowest BCUT2D eigenvalue weighted by molar-refractivity contribution is 0.0637. The van der Waals surface area contributed by atoms with E-state index < -0.39 is 10.0 Å². The molecule has 0 saturated carbocycles. The number of anilines is 1. The van der Waals surface area contributed by atoms with Gasteiger partial charge in [-0.2, -0.15) is 0 Å². The van der Waals surface area contributed by atoms with Gasteiger partial charge in [-0.1, -0.05) is 61.9 Å². The molecule has 1 heterocycles. The number of unbranched alkanes of at least 4 members (excludes halogenated alkanes) is 1. The zero-order valence-electron chi connectivity index (χ0n) is 21.8. The maximum Gasteiger partial charge on any atom is 0.261 e. The van der Waals surface area contributed by atoms with Crippen molar-refractivity contribution in [3.63, 3.8) is 0 Å². The number of rotatable bonds is 10. The maximum atomic E-state index is 13.4. The second-order valence-corrected chi connectivity index (χ2v) is 11.4. The number of aryl methyl sites for hydroxylation is 2. The van der Waals surface area contributed by atoms with Gasteiger partial charge in [0.1, 0.15) is 0 Å². The molecular formula is C30H37N3O3S. The zero-order valence-corrected chi connectivity index (χ0v) is 22.6. The number of amides is 1. The fourth-order valence-electron chi connectivity index (χ4n) is 4.61. The molecule has 7 heteroatoms. The fraction of sp³-hybridized carbons (Fsp3) is 0.367. The van der Waals surface area contributed by atoms with Crippen molar-refractivity contribution in [3.8, 4) is 0 Å². The molecule has 3 aromatic carbocycles. The third-order valence-electron chi connectivity index (χ3n) is 6.99. The highest BCUT2D eigenvalue weighted by molar-refractivity contribution is 7.92. The average Bonchev–Trinajstić information content (AvgIpc) is 2.92. The molecule has 3 aromatic rings. The Morgan fingerprint density at radius 2 is 1.54 bits per heavy atom. The summed E-state index contributed by atoms with van der Waals surface area (Å²) >= 11 is 0. The van der Waals surface area contributed by atoms with E-state index in [4.69, 9.17) is 0 Å². The Morgan fingerprint density at radius 1 is 0.865 bits per heavy atom. The number of sulfonamides is 1. The first-order valence-corrected chi connectivity index (χ1v) is 14.6. The molecule has 0 unspecified atom stereocenters. The summed E-state index contributed by atoms with van der Waals surface area (Å²) in [6.45, 7) is 7.85. The lowest BCUT2D eigenvalue weighted by Crippen LogP contribution is -2.49. The molecule has 1 aliphatic rings. The third-order valence-corrected chi connectivity index (χ3v) is 8.37. The molecular weight excluding hydrogens is 482 g/mol. The van der Waals surface area contributed by atoms with E-state index in [0.717, 1.165) is 50.9 Å². The SMILES string of the molecule is CCCCc1ccc(NS(=O)(=O)c2ccc(C)c(C(=O)N3CCN(CCc4ccccc4)CC3)c2)cc1. The monoisotopic (exact) mass is 519 g/mol. The Hall–Kier alpha value is -3.16. The zero-order chi connectivity index (χ0) is 26.3. The van der Waals surface area contributed by atoms with E-state index in [9.17, 15) is 13.2 Å². The predicted octanol–water partition coefficient (Wildman–Crippen LogP) is 5.14. The fourth-order valence-corrected chi connectivity index (χ4v) is 5.69. The van der Waals surface area contributed by atoms with E-state index in [1.807, 2.05) is 30.0 Å². The molecule has 0 aliphatic carbocycles. The summed E-state index contributed by atoms with van der Waals surface area (Å²) in [4.78, 5) is 17.7. The molecule has 0 atom stereocenters. The Bertz CT molecular complexity index is 1280. The maximum absolute atomic E-state index is 13.4. The van der Waals surface area contributed by atoms with Gasteiger partial charge in [-0.25, -0.2) is 8.42 Å². The van der Waals surface area contributed by atoms with Gasteiger partial charge < -0.3 is 4.90 Å². The molecule has 0 spiro atoms.